The van der Waals surface area contributed by atoms with Gasteiger partial charge in [-0.3, -0.25) is 0 Å². The molecule has 0 fully saturated rings. The van der Waals surface area contributed by atoms with E-state index in [1.807, 2.05) is 0 Å². The Kier molecular flexibility index (Phi) is 4.29. The maximum atomic E-state index is 6.00. The number of rotatable bonds is 4. The summed E-state index contributed by atoms with van der Waals surface area (Å²) in [5.74, 6) is 1.71. The minimum Gasteiger partial charge on any atom is -0.497 e. The molecule has 0 spiro atoms. The summed E-state index contributed by atoms with van der Waals surface area (Å²) in [6, 6.07) is 5.33. The van der Waals surface area contributed by atoms with Gasteiger partial charge >= 0.3 is 0 Å². The van der Waals surface area contributed by atoms with Gasteiger partial charge in [0.15, 0.2) is 5.82 Å². The van der Waals surface area contributed by atoms with Gasteiger partial charge in [-0.15, -0.1) is 0 Å². The van der Waals surface area contributed by atoms with Crippen molar-refractivity contribution in [3.8, 4) is 11.5 Å². The third-order valence-electron chi connectivity index (χ3n) is 2.37. The molecule has 0 bridgehead atoms. The van der Waals surface area contributed by atoms with Crippen molar-refractivity contribution in [3.05, 3.63) is 34.7 Å². The summed E-state index contributed by atoms with van der Waals surface area (Å²) in [6.45, 7) is 0. The van der Waals surface area contributed by atoms with E-state index in [1.54, 1.807) is 32.4 Å². The SMILES string of the molecule is COc1ccc(OC)c(Nc2nc(Cl)ncc2Cl)c1. The standard InChI is InChI=1S/C12H11Cl2N3O2/c1-18-7-3-4-10(19-2)9(5-7)16-11-8(13)6-15-12(14)17-11/h3-6H,1-2H3,(H,15,16,17). The minimum absolute atomic E-state index is 0.105. The lowest BCUT2D eigenvalue weighted by atomic mass is 10.2. The summed E-state index contributed by atoms with van der Waals surface area (Å²) >= 11 is 11.7. The summed E-state index contributed by atoms with van der Waals surface area (Å²) in [4.78, 5) is 7.80. The Morgan fingerprint density at radius 1 is 1.16 bits per heavy atom. The number of nitrogens with one attached hydrogen (secondary N) is 1. The van der Waals surface area contributed by atoms with Crippen molar-refractivity contribution in [1.82, 2.24) is 9.97 Å². The first-order valence-corrected chi connectivity index (χ1v) is 6.06. The van der Waals surface area contributed by atoms with Gasteiger partial charge in [0.1, 0.15) is 16.5 Å². The highest BCUT2D eigenvalue weighted by Crippen LogP contribution is 2.33. The molecule has 2 aromatic rings. The average Bonchev–Trinajstić information content (AvgIpc) is 2.42. The molecule has 1 N–H and O–H groups in total. The number of hydrogen-bond acceptors (Lipinski definition) is 5. The number of halogens is 2. The lowest BCUT2D eigenvalue weighted by Gasteiger charge is -2.12. The molecular weight excluding hydrogens is 289 g/mol. The molecule has 0 aliphatic heterocycles. The molecule has 2 rings (SSSR count). The van der Waals surface area contributed by atoms with Gasteiger partial charge in [0.05, 0.1) is 26.1 Å². The van der Waals surface area contributed by atoms with Gasteiger partial charge in [0.2, 0.25) is 5.28 Å². The fourth-order valence-corrected chi connectivity index (χ4v) is 1.74. The number of nitrogens with zero attached hydrogens (tertiary/aromatic N) is 2. The van der Waals surface area contributed by atoms with Gasteiger partial charge in [0.25, 0.3) is 0 Å². The lowest BCUT2D eigenvalue weighted by Crippen LogP contribution is -1.99. The van der Waals surface area contributed by atoms with Crippen LogP contribution in [0.15, 0.2) is 24.4 Å². The zero-order valence-corrected chi connectivity index (χ0v) is 11.8. The van der Waals surface area contributed by atoms with Crippen molar-refractivity contribution < 1.29 is 9.47 Å². The number of methoxy groups -OCH3 is 2. The molecule has 7 heteroatoms. The Hall–Kier alpha value is -1.72. The van der Waals surface area contributed by atoms with Gasteiger partial charge in [-0.25, -0.2) is 4.98 Å². The van der Waals surface area contributed by atoms with E-state index in [-0.39, 0.29) is 5.28 Å². The molecule has 19 heavy (non-hydrogen) atoms. The highest BCUT2D eigenvalue weighted by atomic mass is 35.5. The van der Waals surface area contributed by atoms with Crippen molar-refractivity contribution >= 4 is 34.7 Å². The molecule has 0 radical (unpaired) electrons. The molecule has 0 saturated heterocycles. The highest BCUT2D eigenvalue weighted by molar-refractivity contribution is 6.33. The zero-order valence-electron chi connectivity index (χ0n) is 10.3. The topological polar surface area (TPSA) is 56.3 Å². The van der Waals surface area contributed by atoms with E-state index in [0.717, 1.165) is 0 Å². The Bertz CT molecular complexity index is 593. The van der Waals surface area contributed by atoms with Crippen molar-refractivity contribution in [1.29, 1.82) is 0 Å². The van der Waals surface area contributed by atoms with E-state index < -0.39 is 0 Å². The molecule has 0 saturated carbocycles. The van der Waals surface area contributed by atoms with E-state index in [2.05, 4.69) is 15.3 Å². The van der Waals surface area contributed by atoms with Crippen LogP contribution in [-0.2, 0) is 0 Å². The molecule has 1 heterocycles. The van der Waals surface area contributed by atoms with Crippen LogP contribution >= 0.6 is 23.2 Å². The zero-order chi connectivity index (χ0) is 13.8. The fourth-order valence-electron chi connectivity index (χ4n) is 1.47. The molecule has 0 unspecified atom stereocenters. The van der Waals surface area contributed by atoms with E-state index in [0.29, 0.717) is 28.0 Å². The smallest absolute Gasteiger partial charge is 0.224 e. The van der Waals surface area contributed by atoms with Crippen LogP contribution in [0.2, 0.25) is 10.3 Å². The molecule has 5 nitrogen and oxygen atoms in total. The third kappa shape index (κ3) is 3.19. The van der Waals surface area contributed by atoms with Crippen LogP contribution < -0.4 is 14.8 Å². The fraction of sp³-hybridized carbons (Fsp3) is 0.167. The van der Waals surface area contributed by atoms with Crippen LogP contribution in [-0.4, -0.2) is 24.2 Å². The first-order valence-electron chi connectivity index (χ1n) is 5.31. The summed E-state index contributed by atoms with van der Waals surface area (Å²) in [5.41, 5.74) is 0.665. The molecule has 0 atom stereocenters. The van der Waals surface area contributed by atoms with Gasteiger partial charge in [0, 0.05) is 6.07 Å². The van der Waals surface area contributed by atoms with Crippen LogP contribution in [0.3, 0.4) is 0 Å². The second-order valence-corrected chi connectivity index (χ2v) is 4.27. The molecule has 100 valence electrons. The summed E-state index contributed by atoms with van der Waals surface area (Å²) < 4.78 is 10.4. The second-order valence-electron chi connectivity index (χ2n) is 3.53. The Labute approximate surface area is 120 Å². The normalized spacial score (nSPS) is 10.1. The van der Waals surface area contributed by atoms with Crippen LogP contribution in [0.5, 0.6) is 11.5 Å². The van der Waals surface area contributed by atoms with Crippen LogP contribution in [0.1, 0.15) is 0 Å². The third-order valence-corrected chi connectivity index (χ3v) is 2.83. The number of hydrogen-bond donors (Lipinski definition) is 1. The van der Waals surface area contributed by atoms with Gasteiger partial charge < -0.3 is 14.8 Å². The molecule has 1 aromatic heterocycles. The Morgan fingerprint density at radius 3 is 2.63 bits per heavy atom. The van der Waals surface area contributed by atoms with Gasteiger partial charge in [-0.05, 0) is 23.7 Å². The molecule has 0 aliphatic rings. The molecule has 0 aliphatic carbocycles. The number of anilines is 2. The van der Waals surface area contributed by atoms with Gasteiger partial charge in [-0.2, -0.15) is 4.98 Å². The largest absolute Gasteiger partial charge is 0.497 e. The van der Waals surface area contributed by atoms with E-state index >= 15 is 0 Å². The first kappa shape index (κ1) is 13.7. The second kappa shape index (κ2) is 5.95. The highest BCUT2D eigenvalue weighted by Gasteiger charge is 2.09. The predicted octanol–water partition coefficient (Wildman–Crippen LogP) is 3.54. The van der Waals surface area contributed by atoms with Crippen molar-refractivity contribution in [2.45, 2.75) is 0 Å². The van der Waals surface area contributed by atoms with Crippen molar-refractivity contribution in [3.63, 3.8) is 0 Å². The first-order chi connectivity index (χ1) is 9.13. The Morgan fingerprint density at radius 2 is 1.95 bits per heavy atom. The predicted molar refractivity (Wildman–Crippen MR) is 74.9 cm³/mol. The van der Waals surface area contributed by atoms with Crippen LogP contribution in [0.4, 0.5) is 11.5 Å². The molecule has 1 aromatic carbocycles. The Balaban J connectivity index is 2.38. The minimum atomic E-state index is 0.105. The van der Waals surface area contributed by atoms with Crippen molar-refractivity contribution in [2.75, 3.05) is 19.5 Å². The number of ether oxygens (including phenoxy) is 2. The quantitative estimate of drug-likeness (QED) is 0.875. The maximum Gasteiger partial charge on any atom is 0.224 e. The maximum absolute atomic E-state index is 6.00. The van der Waals surface area contributed by atoms with Gasteiger partial charge in [-0.1, -0.05) is 11.6 Å². The van der Waals surface area contributed by atoms with Crippen LogP contribution in [0, 0.1) is 0 Å². The monoisotopic (exact) mass is 299 g/mol. The van der Waals surface area contributed by atoms with Crippen molar-refractivity contribution in [2.24, 2.45) is 0 Å². The molecular formula is C12H11Cl2N3O2. The lowest BCUT2D eigenvalue weighted by molar-refractivity contribution is 0.405. The summed E-state index contributed by atoms with van der Waals surface area (Å²) in [7, 11) is 3.15. The summed E-state index contributed by atoms with van der Waals surface area (Å²) in [5, 5.41) is 3.50. The molecule has 0 amide bonds. The van der Waals surface area contributed by atoms with E-state index in [9.17, 15) is 0 Å². The van der Waals surface area contributed by atoms with Crippen LogP contribution in [0.25, 0.3) is 0 Å². The van der Waals surface area contributed by atoms with E-state index in [1.165, 1.54) is 6.20 Å². The van der Waals surface area contributed by atoms with E-state index in [4.69, 9.17) is 32.7 Å². The average molecular weight is 300 g/mol. The summed E-state index contributed by atoms with van der Waals surface area (Å²) in [6.07, 6.45) is 1.42. The number of aromatic nitrogens is 2. The number of benzene rings is 1.